The Kier molecular flexibility index (Phi) is 6.07. The van der Waals surface area contributed by atoms with Gasteiger partial charge in [-0.1, -0.05) is 35.9 Å². The molecule has 0 aromatic heterocycles. The third-order valence-electron chi connectivity index (χ3n) is 7.57. The number of ether oxygens (including phenoxy) is 2. The Balaban J connectivity index is 1.22. The summed E-state index contributed by atoms with van der Waals surface area (Å²) in [7, 11) is 1.60. The number of methoxy groups -OCH3 is 1. The fraction of sp³-hybridized carbons (Fsp3) is 0.310. The predicted octanol–water partition coefficient (Wildman–Crippen LogP) is 5.08. The maximum Gasteiger partial charge on any atom is 0.325 e. The number of urea groups is 1. The van der Waals surface area contributed by atoms with E-state index >= 15 is 0 Å². The lowest BCUT2D eigenvalue weighted by Crippen LogP contribution is -2.65. The Morgan fingerprint density at radius 3 is 2.53 bits per heavy atom. The molecule has 3 aliphatic heterocycles. The van der Waals surface area contributed by atoms with Crippen LogP contribution in [0.4, 0.5) is 16.2 Å². The number of nitrogens with zero attached hydrogens (tertiary/aromatic N) is 3. The maximum atomic E-state index is 13.5. The van der Waals surface area contributed by atoms with E-state index in [1.807, 2.05) is 66.4 Å². The van der Waals surface area contributed by atoms with Gasteiger partial charge in [-0.3, -0.25) is 9.69 Å². The number of fused-ring (bicyclic) bond motifs is 4. The molecule has 9 heteroatoms. The molecule has 0 radical (unpaired) electrons. The lowest BCUT2D eigenvalue weighted by atomic mass is 9.89. The highest BCUT2D eigenvalue weighted by Gasteiger charge is 2.50. The van der Waals surface area contributed by atoms with Crippen LogP contribution < -0.4 is 24.6 Å². The van der Waals surface area contributed by atoms with Gasteiger partial charge in [-0.15, -0.1) is 0 Å². The summed E-state index contributed by atoms with van der Waals surface area (Å²) in [5.41, 5.74) is 2.14. The molecule has 0 saturated carbocycles. The topological polar surface area (TPSA) is 74.3 Å². The zero-order valence-corrected chi connectivity index (χ0v) is 22.1. The number of rotatable bonds is 4. The molecule has 3 heterocycles. The first-order valence-electron chi connectivity index (χ1n) is 12.7. The molecule has 0 unspecified atom stereocenters. The number of nitrogens with one attached hydrogen (secondary N) is 1. The van der Waals surface area contributed by atoms with Crippen LogP contribution in [0.2, 0.25) is 5.02 Å². The highest BCUT2D eigenvalue weighted by molar-refractivity contribution is 6.30. The standard InChI is InChI=1S/C29H29ClN4O4/c1-29-18-24(23-10-5-11-25(37-2)26(23)38-29)31-28(36)34(29)22-9-3-6-19(16-22)27(35)33-14-12-32(13-15-33)21-8-4-7-20(30)17-21/h3-11,16-17,24H,12-15,18H2,1-2H3,(H,31,36)/t24-,29+/m1/s1. The predicted molar refractivity (Wildman–Crippen MR) is 146 cm³/mol. The maximum absolute atomic E-state index is 13.5. The lowest BCUT2D eigenvalue weighted by molar-refractivity contribution is 0.0349. The summed E-state index contributed by atoms with van der Waals surface area (Å²) >= 11 is 6.16. The van der Waals surface area contributed by atoms with Crippen molar-refractivity contribution >= 4 is 34.9 Å². The summed E-state index contributed by atoms with van der Waals surface area (Å²) in [5.74, 6) is 1.19. The SMILES string of the molecule is COc1cccc2c1O[C@@]1(C)C[C@H]2NC(=O)N1c1cccc(C(=O)N2CCN(c3cccc(Cl)c3)CC2)c1. The van der Waals surface area contributed by atoms with Gasteiger partial charge in [-0.2, -0.15) is 0 Å². The number of para-hydroxylation sites is 1. The highest BCUT2D eigenvalue weighted by atomic mass is 35.5. The number of carbonyl (C=O) groups excluding carboxylic acids is 2. The zero-order valence-electron chi connectivity index (χ0n) is 21.3. The third kappa shape index (κ3) is 4.19. The summed E-state index contributed by atoms with van der Waals surface area (Å²) in [5, 5.41) is 3.80. The average Bonchev–Trinajstić information content (AvgIpc) is 2.92. The van der Waals surface area contributed by atoms with Crippen molar-refractivity contribution in [3.63, 3.8) is 0 Å². The van der Waals surface area contributed by atoms with Gasteiger partial charge < -0.3 is 24.6 Å². The molecule has 2 atom stereocenters. The van der Waals surface area contributed by atoms with E-state index in [1.54, 1.807) is 24.1 Å². The van der Waals surface area contributed by atoms with Gasteiger partial charge in [0.2, 0.25) is 0 Å². The summed E-state index contributed by atoms with van der Waals surface area (Å²) in [6.45, 7) is 4.53. The smallest absolute Gasteiger partial charge is 0.325 e. The van der Waals surface area contributed by atoms with Crippen LogP contribution in [0.5, 0.6) is 11.5 Å². The monoisotopic (exact) mass is 532 g/mol. The van der Waals surface area contributed by atoms with Crippen molar-refractivity contribution in [2.75, 3.05) is 43.1 Å². The van der Waals surface area contributed by atoms with Gasteiger partial charge in [0.25, 0.3) is 5.91 Å². The first-order valence-corrected chi connectivity index (χ1v) is 13.1. The van der Waals surface area contributed by atoms with Crippen molar-refractivity contribution in [3.8, 4) is 11.5 Å². The van der Waals surface area contributed by atoms with Crippen LogP contribution in [0.3, 0.4) is 0 Å². The van der Waals surface area contributed by atoms with E-state index in [2.05, 4.69) is 10.2 Å². The molecule has 196 valence electrons. The first kappa shape index (κ1) is 24.4. The Hall–Kier alpha value is -3.91. The number of hydrogen-bond donors (Lipinski definition) is 1. The van der Waals surface area contributed by atoms with Crippen molar-refractivity contribution in [3.05, 3.63) is 82.9 Å². The molecule has 3 aliphatic rings. The quantitative estimate of drug-likeness (QED) is 0.507. The second kappa shape index (κ2) is 9.44. The minimum atomic E-state index is -0.946. The number of carbonyl (C=O) groups is 2. The largest absolute Gasteiger partial charge is 0.493 e. The van der Waals surface area contributed by atoms with Gasteiger partial charge >= 0.3 is 6.03 Å². The van der Waals surface area contributed by atoms with E-state index in [-0.39, 0.29) is 18.0 Å². The summed E-state index contributed by atoms with van der Waals surface area (Å²) in [6.07, 6.45) is 0.558. The number of anilines is 2. The normalized spacial score (nSPS) is 22.3. The van der Waals surface area contributed by atoms with Crippen LogP contribution in [0.1, 0.15) is 35.3 Å². The van der Waals surface area contributed by atoms with Crippen LogP contribution >= 0.6 is 11.6 Å². The van der Waals surface area contributed by atoms with E-state index in [1.165, 1.54) is 0 Å². The first-order chi connectivity index (χ1) is 18.4. The Bertz CT molecular complexity index is 1410. The van der Waals surface area contributed by atoms with Crippen LogP contribution in [0, 0.1) is 0 Å². The van der Waals surface area contributed by atoms with Crippen molar-refractivity contribution in [2.24, 2.45) is 0 Å². The van der Waals surface area contributed by atoms with Gasteiger partial charge in [0, 0.05) is 54.4 Å². The molecule has 0 aliphatic carbocycles. The molecule has 8 nitrogen and oxygen atoms in total. The Labute approximate surface area is 226 Å². The molecule has 2 bridgehead atoms. The molecule has 3 aromatic carbocycles. The van der Waals surface area contributed by atoms with Gasteiger partial charge in [0.1, 0.15) is 0 Å². The highest BCUT2D eigenvalue weighted by Crippen LogP contribution is 2.49. The van der Waals surface area contributed by atoms with Crippen LogP contribution in [0.15, 0.2) is 66.7 Å². The van der Waals surface area contributed by atoms with E-state index in [0.717, 1.165) is 24.3 Å². The summed E-state index contributed by atoms with van der Waals surface area (Å²) in [6, 6.07) is 20.2. The zero-order chi connectivity index (χ0) is 26.4. The lowest BCUT2D eigenvalue weighted by Gasteiger charge is -2.50. The minimum Gasteiger partial charge on any atom is -0.493 e. The van der Waals surface area contributed by atoms with Gasteiger partial charge in [-0.05, 0) is 49.4 Å². The van der Waals surface area contributed by atoms with Gasteiger partial charge in [0.05, 0.1) is 18.8 Å². The average molecular weight is 533 g/mol. The molecule has 38 heavy (non-hydrogen) atoms. The number of piperazine rings is 1. The Morgan fingerprint density at radius 1 is 1.03 bits per heavy atom. The fourth-order valence-corrected chi connectivity index (χ4v) is 5.90. The Morgan fingerprint density at radius 2 is 1.76 bits per heavy atom. The fourth-order valence-electron chi connectivity index (χ4n) is 5.71. The van der Waals surface area contributed by atoms with E-state index in [9.17, 15) is 9.59 Å². The molecule has 2 fully saturated rings. The molecule has 6 rings (SSSR count). The number of hydrogen-bond acceptors (Lipinski definition) is 5. The molecule has 3 aromatic rings. The minimum absolute atomic E-state index is 0.0605. The second-order valence-electron chi connectivity index (χ2n) is 10.0. The van der Waals surface area contributed by atoms with Gasteiger partial charge in [0.15, 0.2) is 17.2 Å². The van der Waals surface area contributed by atoms with Crippen LogP contribution in [0.25, 0.3) is 0 Å². The van der Waals surface area contributed by atoms with E-state index in [4.69, 9.17) is 21.1 Å². The van der Waals surface area contributed by atoms with Crippen molar-refractivity contribution in [1.29, 1.82) is 0 Å². The third-order valence-corrected chi connectivity index (χ3v) is 7.81. The summed E-state index contributed by atoms with van der Waals surface area (Å²) in [4.78, 5) is 32.5. The van der Waals surface area contributed by atoms with Crippen LogP contribution in [-0.2, 0) is 0 Å². The molecule has 0 spiro atoms. The summed E-state index contributed by atoms with van der Waals surface area (Å²) < 4.78 is 12.0. The number of benzene rings is 3. The molecule has 1 N–H and O–H groups in total. The molecule has 3 amide bonds. The van der Waals surface area contributed by atoms with Crippen LogP contribution in [-0.4, -0.2) is 55.9 Å². The van der Waals surface area contributed by atoms with E-state index < -0.39 is 5.72 Å². The van der Waals surface area contributed by atoms with E-state index in [0.29, 0.717) is 47.3 Å². The molecular formula is C29H29ClN4O4. The molecular weight excluding hydrogens is 504 g/mol. The second-order valence-corrected chi connectivity index (χ2v) is 10.4. The van der Waals surface area contributed by atoms with Crippen molar-refractivity contribution < 1.29 is 19.1 Å². The van der Waals surface area contributed by atoms with Crippen molar-refractivity contribution in [2.45, 2.75) is 25.1 Å². The number of halogens is 1. The molecule has 2 saturated heterocycles. The van der Waals surface area contributed by atoms with Gasteiger partial charge in [-0.25, -0.2) is 4.79 Å². The van der Waals surface area contributed by atoms with Crippen molar-refractivity contribution in [1.82, 2.24) is 10.2 Å². The number of amides is 3.